The van der Waals surface area contributed by atoms with Crippen molar-refractivity contribution < 1.29 is 35.9 Å². The fourth-order valence-electron chi connectivity index (χ4n) is 5.15. The fraction of sp³-hybridized carbons (Fsp3) is 0.480. The largest absolute Gasteiger partial charge is 0.416 e. The molecule has 12 heteroatoms. The predicted molar refractivity (Wildman–Crippen MR) is 121 cm³/mol. The van der Waals surface area contributed by atoms with Gasteiger partial charge >= 0.3 is 18.4 Å². The summed E-state index contributed by atoms with van der Waals surface area (Å²) in [5.41, 5.74) is -1.77. The second-order valence-electron chi connectivity index (χ2n) is 9.42. The van der Waals surface area contributed by atoms with Gasteiger partial charge in [0.25, 0.3) is 0 Å². The van der Waals surface area contributed by atoms with Gasteiger partial charge in [-0.05, 0) is 55.7 Å². The summed E-state index contributed by atoms with van der Waals surface area (Å²) in [6.45, 7) is 3.61. The van der Waals surface area contributed by atoms with Crippen molar-refractivity contribution in [2.75, 3.05) is 20.1 Å². The standard InChI is InChI=1S/C25H26F6N4O2/c1-14-19(5-4-8-32-14)22-20-6-7-21(36)34(20)9-10-35(22)23(37)33(3)15(2)16-11-17(24(26,27)28)13-18(12-16)25(29,30)31/h4-5,8,11-13,15,20,22H,6-7,9-10H2,1-3H3. The predicted octanol–water partition coefficient (Wildman–Crippen LogP) is 5.59. The minimum atomic E-state index is -4.99. The lowest BCUT2D eigenvalue weighted by molar-refractivity contribution is -0.143. The minimum Gasteiger partial charge on any atom is -0.335 e. The molecule has 0 radical (unpaired) electrons. The average molecular weight is 528 g/mol. The Morgan fingerprint density at radius 1 is 1.08 bits per heavy atom. The van der Waals surface area contributed by atoms with Crippen LogP contribution >= 0.6 is 0 Å². The fourth-order valence-corrected chi connectivity index (χ4v) is 5.15. The van der Waals surface area contributed by atoms with E-state index in [1.807, 2.05) is 6.07 Å². The number of urea groups is 1. The molecule has 2 aliphatic rings. The molecule has 0 bridgehead atoms. The van der Waals surface area contributed by atoms with Crippen LogP contribution in [0.4, 0.5) is 31.1 Å². The molecule has 3 heterocycles. The third kappa shape index (κ3) is 5.10. The molecule has 6 nitrogen and oxygen atoms in total. The number of carbonyl (C=O) groups excluding carboxylic acids is 2. The molecule has 3 unspecified atom stereocenters. The van der Waals surface area contributed by atoms with Gasteiger partial charge in [0.05, 0.1) is 29.3 Å². The number of pyridine rings is 1. The number of carbonyl (C=O) groups is 2. The lowest BCUT2D eigenvalue weighted by atomic mass is 9.92. The van der Waals surface area contributed by atoms with Crippen molar-refractivity contribution in [3.05, 3.63) is 64.5 Å². The first kappa shape index (κ1) is 26.7. The van der Waals surface area contributed by atoms with Crippen LogP contribution in [0, 0.1) is 6.92 Å². The van der Waals surface area contributed by atoms with Crippen LogP contribution in [-0.4, -0.2) is 57.8 Å². The van der Waals surface area contributed by atoms with Gasteiger partial charge in [0.1, 0.15) is 0 Å². The number of rotatable bonds is 3. The van der Waals surface area contributed by atoms with Gasteiger partial charge in [-0.1, -0.05) is 6.07 Å². The van der Waals surface area contributed by atoms with Gasteiger partial charge in [-0.2, -0.15) is 26.3 Å². The maximum Gasteiger partial charge on any atom is 0.416 e. The molecule has 0 N–H and O–H groups in total. The van der Waals surface area contributed by atoms with Crippen molar-refractivity contribution in [2.24, 2.45) is 0 Å². The van der Waals surface area contributed by atoms with Crippen LogP contribution in [0.1, 0.15) is 59.8 Å². The molecule has 2 fully saturated rings. The molecule has 2 aliphatic heterocycles. The zero-order valence-electron chi connectivity index (χ0n) is 20.4. The highest BCUT2D eigenvalue weighted by Gasteiger charge is 2.46. The molecule has 3 amide bonds. The molecule has 2 aromatic rings. The first-order chi connectivity index (χ1) is 17.2. The number of fused-ring (bicyclic) bond motifs is 1. The van der Waals surface area contributed by atoms with Crippen LogP contribution in [-0.2, 0) is 17.1 Å². The van der Waals surface area contributed by atoms with Gasteiger partial charge in [0.15, 0.2) is 0 Å². The van der Waals surface area contributed by atoms with E-state index in [2.05, 4.69) is 4.98 Å². The van der Waals surface area contributed by atoms with E-state index in [9.17, 15) is 35.9 Å². The SMILES string of the molecule is Cc1ncccc1C1C2CCC(=O)N2CCN1C(=O)N(C)C(C)c1cc(C(F)(F)F)cc(C(F)(F)F)c1. The van der Waals surface area contributed by atoms with E-state index in [0.29, 0.717) is 30.7 Å². The number of halogens is 6. The maximum atomic E-state index is 13.7. The van der Waals surface area contributed by atoms with E-state index >= 15 is 0 Å². The second kappa shape index (κ2) is 9.53. The number of benzene rings is 1. The van der Waals surface area contributed by atoms with Crippen LogP contribution in [0.3, 0.4) is 0 Å². The molecule has 0 spiro atoms. The van der Waals surface area contributed by atoms with Crippen LogP contribution in [0.15, 0.2) is 36.5 Å². The lowest BCUT2D eigenvalue weighted by Crippen LogP contribution is -2.57. The van der Waals surface area contributed by atoms with E-state index in [0.717, 1.165) is 10.5 Å². The van der Waals surface area contributed by atoms with E-state index in [-0.39, 0.29) is 36.7 Å². The Labute approximate surface area is 209 Å². The summed E-state index contributed by atoms with van der Waals surface area (Å²) in [5.74, 6) is -0.0194. The smallest absolute Gasteiger partial charge is 0.335 e. The zero-order chi connectivity index (χ0) is 27.3. The molecule has 37 heavy (non-hydrogen) atoms. The first-order valence-corrected chi connectivity index (χ1v) is 11.7. The average Bonchev–Trinajstić information content (AvgIpc) is 3.22. The van der Waals surface area contributed by atoms with Gasteiger partial charge in [0, 0.05) is 38.4 Å². The van der Waals surface area contributed by atoms with Gasteiger partial charge in [-0.15, -0.1) is 0 Å². The normalized spacial score (nSPS) is 21.2. The highest BCUT2D eigenvalue weighted by Crippen LogP contribution is 2.41. The molecular formula is C25H26F6N4O2. The zero-order valence-corrected chi connectivity index (χ0v) is 20.4. The summed E-state index contributed by atoms with van der Waals surface area (Å²) < 4.78 is 80.3. The van der Waals surface area contributed by atoms with Crippen LogP contribution in [0.5, 0.6) is 0 Å². The Kier molecular flexibility index (Phi) is 6.89. The Morgan fingerprint density at radius 2 is 1.70 bits per heavy atom. The minimum absolute atomic E-state index is 0.0194. The van der Waals surface area contributed by atoms with Crippen LogP contribution in [0.25, 0.3) is 0 Å². The molecule has 3 atom stereocenters. The number of aromatic nitrogens is 1. The topological polar surface area (TPSA) is 56.8 Å². The van der Waals surface area contributed by atoms with E-state index < -0.39 is 41.6 Å². The third-order valence-corrected chi connectivity index (χ3v) is 7.24. The van der Waals surface area contributed by atoms with Gasteiger partial charge in [0.2, 0.25) is 5.91 Å². The van der Waals surface area contributed by atoms with Crippen molar-refractivity contribution in [1.82, 2.24) is 19.7 Å². The highest BCUT2D eigenvalue weighted by atomic mass is 19.4. The summed E-state index contributed by atoms with van der Waals surface area (Å²) in [7, 11) is 1.35. The van der Waals surface area contributed by atoms with Crippen molar-refractivity contribution in [1.29, 1.82) is 0 Å². The quantitative estimate of drug-likeness (QED) is 0.489. The first-order valence-electron chi connectivity index (χ1n) is 11.7. The van der Waals surface area contributed by atoms with Gasteiger partial charge < -0.3 is 14.7 Å². The van der Waals surface area contributed by atoms with Gasteiger partial charge in [-0.25, -0.2) is 4.79 Å². The third-order valence-electron chi connectivity index (χ3n) is 7.24. The maximum absolute atomic E-state index is 13.7. The number of hydrogen-bond acceptors (Lipinski definition) is 3. The molecule has 1 aromatic carbocycles. The van der Waals surface area contributed by atoms with Crippen LogP contribution in [0.2, 0.25) is 0 Å². The summed E-state index contributed by atoms with van der Waals surface area (Å²) in [4.78, 5) is 34.9. The number of alkyl halides is 6. The molecule has 200 valence electrons. The molecular weight excluding hydrogens is 502 g/mol. The molecule has 0 saturated carbocycles. The van der Waals surface area contributed by atoms with Crippen molar-refractivity contribution in [2.45, 2.75) is 57.2 Å². The Bertz CT molecular complexity index is 1170. The molecule has 2 saturated heterocycles. The van der Waals surface area contributed by atoms with Crippen molar-refractivity contribution in [3.63, 3.8) is 0 Å². The molecule has 4 rings (SSSR count). The van der Waals surface area contributed by atoms with Crippen molar-refractivity contribution in [3.8, 4) is 0 Å². The molecule has 1 aromatic heterocycles. The number of nitrogens with zero attached hydrogens (tertiary/aromatic N) is 4. The van der Waals surface area contributed by atoms with E-state index in [1.165, 1.54) is 14.0 Å². The number of piperazine rings is 1. The summed E-state index contributed by atoms with van der Waals surface area (Å²) >= 11 is 0. The number of aryl methyl sites for hydroxylation is 1. The Morgan fingerprint density at radius 3 is 2.27 bits per heavy atom. The highest BCUT2D eigenvalue weighted by molar-refractivity contribution is 5.81. The van der Waals surface area contributed by atoms with E-state index in [1.54, 1.807) is 29.0 Å². The van der Waals surface area contributed by atoms with Crippen molar-refractivity contribution >= 4 is 11.9 Å². The summed E-state index contributed by atoms with van der Waals surface area (Å²) in [6.07, 6.45) is -7.53. The monoisotopic (exact) mass is 528 g/mol. The van der Waals surface area contributed by atoms with Gasteiger partial charge in [-0.3, -0.25) is 9.78 Å². The van der Waals surface area contributed by atoms with Crippen LogP contribution < -0.4 is 0 Å². The number of hydrogen-bond donors (Lipinski definition) is 0. The Hall–Kier alpha value is -3.31. The second-order valence-corrected chi connectivity index (χ2v) is 9.42. The summed E-state index contributed by atoms with van der Waals surface area (Å²) in [6, 6.07) is 2.35. The lowest BCUT2D eigenvalue weighted by Gasteiger charge is -2.46. The Balaban J connectivity index is 1.69. The summed E-state index contributed by atoms with van der Waals surface area (Å²) in [5, 5.41) is 0. The van der Waals surface area contributed by atoms with E-state index in [4.69, 9.17) is 0 Å². The number of amides is 3. The molecule has 0 aliphatic carbocycles.